The molecule has 35 heavy (non-hydrogen) atoms. The minimum absolute atomic E-state index is 0.0168. The van der Waals surface area contributed by atoms with Crippen molar-refractivity contribution in [2.75, 3.05) is 16.2 Å². The van der Waals surface area contributed by atoms with Crippen molar-refractivity contribution in [3.05, 3.63) is 86.4 Å². The van der Waals surface area contributed by atoms with Gasteiger partial charge in [-0.15, -0.1) is 0 Å². The van der Waals surface area contributed by atoms with Gasteiger partial charge in [-0.3, -0.25) is 18.5 Å². The van der Waals surface area contributed by atoms with E-state index < -0.39 is 22.5 Å². The van der Waals surface area contributed by atoms with Crippen molar-refractivity contribution in [1.82, 2.24) is 4.57 Å². The molecule has 0 spiro atoms. The Hall–Kier alpha value is -2.95. The van der Waals surface area contributed by atoms with E-state index in [4.69, 9.17) is 0 Å². The number of anilines is 2. The highest BCUT2D eigenvalue weighted by Gasteiger charge is 2.27. The number of thiazole rings is 1. The van der Waals surface area contributed by atoms with Crippen molar-refractivity contribution >= 4 is 64.8 Å². The van der Waals surface area contributed by atoms with Gasteiger partial charge in [-0.1, -0.05) is 45.0 Å². The van der Waals surface area contributed by atoms with Crippen molar-refractivity contribution in [2.45, 2.75) is 31.7 Å². The van der Waals surface area contributed by atoms with Crippen LogP contribution in [0.2, 0.25) is 0 Å². The van der Waals surface area contributed by atoms with Gasteiger partial charge in [0, 0.05) is 16.2 Å². The molecule has 0 aliphatic carbocycles. The second-order valence-corrected chi connectivity index (χ2v) is 12.1. The van der Waals surface area contributed by atoms with Gasteiger partial charge in [0.05, 0.1) is 20.8 Å². The van der Waals surface area contributed by atoms with Crippen molar-refractivity contribution in [2.24, 2.45) is 0 Å². The smallest absolute Gasteiger partial charge is 0.308 e. The normalized spacial score (nSPS) is 11.7. The molecule has 0 aliphatic rings. The molecular weight excluding hydrogens is 550 g/mol. The summed E-state index contributed by atoms with van der Waals surface area (Å²) in [6.45, 7) is 5.33. The molecule has 1 amide bonds. The van der Waals surface area contributed by atoms with E-state index in [2.05, 4.69) is 21.2 Å². The maximum absolute atomic E-state index is 13.5. The second-order valence-electron chi connectivity index (χ2n) is 8.36. The molecule has 182 valence electrons. The van der Waals surface area contributed by atoms with Gasteiger partial charge in [0.15, 0.2) is 0 Å². The maximum Gasteiger partial charge on any atom is 0.308 e. The van der Waals surface area contributed by atoms with Crippen LogP contribution in [0.3, 0.4) is 0 Å². The van der Waals surface area contributed by atoms with Crippen molar-refractivity contribution < 1.29 is 13.2 Å². The number of nitrogens with one attached hydrogen (secondary N) is 1. The topological polar surface area (TPSA) is 88.5 Å². The second kappa shape index (κ2) is 9.96. The van der Waals surface area contributed by atoms with Crippen molar-refractivity contribution in [1.29, 1.82) is 0 Å². The first kappa shape index (κ1) is 25.2. The highest BCUT2D eigenvalue weighted by atomic mass is 79.9. The Morgan fingerprint density at radius 1 is 1.06 bits per heavy atom. The molecule has 0 bridgehead atoms. The van der Waals surface area contributed by atoms with Crippen LogP contribution in [0.15, 0.2) is 80.9 Å². The monoisotopic (exact) mass is 573 g/mol. The summed E-state index contributed by atoms with van der Waals surface area (Å²) in [6, 6.07) is 18.5. The molecule has 0 aliphatic heterocycles. The third kappa shape index (κ3) is 5.34. The number of aromatic nitrogens is 1. The Morgan fingerprint density at radius 3 is 2.34 bits per heavy atom. The van der Waals surface area contributed by atoms with E-state index in [1.165, 1.54) is 12.1 Å². The van der Waals surface area contributed by atoms with Crippen LogP contribution in [-0.2, 0) is 14.8 Å². The lowest BCUT2D eigenvalue weighted by atomic mass is 10.2. The van der Waals surface area contributed by atoms with E-state index >= 15 is 0 Å². The van der Waals surface area contributed by atoms with Gasteiger partial charge in [0.25, 0.3) is 10.0 Å². The molecular formula is C25H24BrN3O4S2. The van der Waals surface area contributed by atoms with Gasteiger partial charge in [0.1, 0.15) is 6.54 Å². The number of fused-ring (bicyclic) bond motifs is 1. The predicted molar refractivity (Wildman–Crippen MR) is 145 cm³/mol. The molecule has 3 aromatic carbocycles. The Morgan fingerprint density at radius 2 is 1.71 bits per heavy atom. The predicted octanol–water partition coefficient (Wildman–Crippen LogP) is 5.55. The first-order valence-corrected chi connectivity index (χ1v) is 13.9. The zero-order valence-electron chi connectivity index (χ0n) is 19.4. The Kier molecular flexibility index (Phi) is 7.16. The van der Waals surface area contributed by atoms with Gasteiger partial charge in [0.2, 0.25) is 5.91 Å². The molecule has 10 heteroatoms. The molecule has 0 unspecified atom stereocenters. The Labute approximate surface area is 216 Å². The Balaban J connectivity index is 1.64. The highest BCUT2D eigenvalue weighted by Crippen LogP contribution is 2.27. The summed E-state index contributed by atoms with van der Waals surface area (Å²) < 4.78 is 31.3. The fraction of sp³-hybridized carbons (Fsp3) is 0.200. The first-order valence-electron chi connectivity index (χ1n) is 10.9. The van der Waals surface area contributed by atoms with Crippen LogP contribution in [0, 0.1) is 6.92 Å². The summed E-state index contributed by atoms with van der Waals surface area (Å²) in [7, 11) is -4.00. The first-order chi connectivity index (χ1) is 16.6. The molecule has 1 heterocycles. The van der Waals surface area contributed by atoms with E-state index in [0.29, 0.717) is 11.4 Å². The lowest BCUT2D eigenvalue weighted by Gasteiger charge is -2.24. The fourth-order valence-electron chi connectivity index (χ4n) is 3.69. The third-order valence-electron chi connectivity index (χ3n) is 5.42. The number of halogens is 1. The maximum atomic E-state index is 13.5. The summed E-state index contributed by atoms with van der Waals surface area (Å²) in [5, 5.41) is 2.78. The summed E-state index contributed by atoms with van der Waals surface area (Å²) in [5.41, 5.74) is 2.59. The third-order valence-corrected chi connectivity index (χ3v) is 8.66. The average Bonchev–Trinajstić information content (AvgIpc) is 3.13. The van der Waals surface area contributed by atoms with E-state index in [-0.39, 0.29) is 15.8 Å². The molecule has 4 rings (SSSR count). The van der Waals surface area contributed by atoms with E-state index in [0.717, 1.165) is 35.9 Å². The van der Waals surface area contributed by atoms with Gasteiger partial charge >= 0.3 is 4.87 Å². The number of sulfonamides is 1. The van der Waals surface area contributed by atoms with Crippen LogP contribution in [-0.4, -0.2) is 25.4 Å². The summed E-state index contributed by atoms with van der Waals surface area (Å²) in [4.78, 5) is 25.4. The minimum Gasteiger partial charge on any atom is -0.324 e. The van der Waals surface area contributed by atoms with Crippen LogP contribution in [0.4, 0.5) is 11.4 Å². The zero-order valence-corrected chi connectivity index (χ0v) is 22.6. The number of nitrogens with zero attached hydrogens (tertiary/aromatic N) is 2. The standard InChI is InChI=1S/C25H24BrN3O4S2/c1-16(2)29-22-13-8-19(14-23(22)34-25(29)31)27-24(30)15-28(20-9-6-18(26)7-10-20)35(32,33)21-11-4-17(3)5-12-21/h4-14,16H,15H2,1-3H3,(H,27,30). The fourth-order valence-corrected chi connectivity index (χ4v) is 6.43. The summed E-state index contributed by atoms with van der Waals surface area (Å²) >= 11 is 4.47. The molecule has 7 nitrogen and oxygen atoms in total. The summed E-state index contributed by atoms with van der Waals surface area (Å²) in [6.07, 6.45) is 0. The molecule has 1 aromatic heterocycles. The lowest BCUT2D eigenvalue weighted by Crippen LogP contribution is -2.38. The highest BCUT2D eigenvalue weighted by molar-refractivity contribution is 9.10. The molecule has 4 aromatic rings. The molecule has 0 radical (unpaired) electrons. The van der Waals surface area contributed by atoms with Gasteiger partial charge in [-0.25, -0.2) is 8.42 Å². The summed E-state index contributed by atoms with van der Waals surface area (Å²) in [5.74, 6) is -0.501. The Bertz CT molecular complexity index is 1540. The van der Waals surface area contributed by atoms with Crippen LogP contribution in [0.1, 0.15) is 25.5 Å². The quantitative estimate of drug-likeness (QED) is 0.314. The number of hydrogen-bond acceptors (Lipinski definition) is 5. The van der Waals surface area contributed by atoms with Crippen LogP contribution < -0.4 is 14.5 Å². The zero-order chi connectivity index (χ0) is 25.3. The number of aryl methyl sites for hydroxylation is 1. The van der Waals surface area contributed by atoms with Crippen LogP contribution >= 0.6 is 27.3 Å². The molecule has 0 saturated heterocycles. The number of carbonyl (C=O) groups excluding carboxylic acids is 1. The number of rotatable bonds is 7. The van der Waals surface area contributed by atoms with E-state index in [1.807, 2.05) is 20.8 Å². The van der Waals surface area contributed by atoms with Crippen molar-refractivity contribution in [3.8, 4) is 0 Å². The number of benzene rings is 3. The van der Waals surface area contributed by atoms with Crippen LogP contribution in [0.25, 0.3) is 10.2 Å². The van der Waals surface area contributed by atoms with Crippen LogP contribution in [0.5, 0.6) is 0 Å². The lowest BCUT2D eigenvalue weighted by molar-refractivity contribution is -0.114. The van der Waals surface area contributed by atoms with E-state index in [1.54, 1.807) is 59.2 Å². The SMILES string of the molecule is Cc1ccc(S(=O)(=O)N(CC(=O)Nc2ccc3c(c2)sc(=O)n3C(C)C)c2ccc(Br)cc2)cc1. The molecule has 0 fully saturated rings. The number of amides is 1. The average molecular weight is 575 g/mol. The minimum atomic E-state index is -4.00. The van der Waals surface area contributed by atoms with Gasteiger partial charge < -0.3 is 5.32 Å². The number of hydrogen-bond donors (Lipinski definition) is 1. The largest absolute Gasteiger partial charge is 0.324 e. The van der Waals surface area contributed by atoms with Crippen molar-refractivity contribution in [3.63, 3.8) is 0 Å². The van der Waals surface area contributed by atoms with Gasteiger partial charge in [-0.2, -0.15) is 0 Å². The molecule has 0 atom stereocenters. The van der Waals surface area contributed by atoms with Gasteiger partial charge in [-0.05, 0) is 75.4 Å². The number of carbonyl (C=O) groups is 1. The van der Waals surface area contributed by atoms with E-state index in [9.17, 15) is 18.0 Å². The molecule has 1 N–H and O–H groups in total. The molecule has 0 saturated carbocycles.